The molecule has 3 saturated heterocycles. The summed E-state index contributed by atoms with van der Waals surface area (Å²) in [6, 6.07) is 13.2. The average Bonchev–Trinajstić information content (AvgIpc) is 3.72. The highest BCUT2D eigenvalue weighted by molar-refractivity contribution is 6.00. The Morgan fingerprint density at radius 3 is 2.45 bits per heavy atom. The molecule has 6 fully saturated rings. The smallest absolute Gasteiger partial charge is 0.329 e. The number of rotatable bonds is 10. The maximum atomic E-state index is 16.1. The van der Waals surface area contributed by atoms with Gasteiger partial charge in [-0.3, -0.25) is 38.6 Å². The van der Waals surface area contributed by atoms with E-state index in [0.717, 1.165) is 80.8 Å². The van der Waals surface area contributed by atoms with E-state index < -0.39 is 23.9 Å². The van der Waals surface area contributed by atoms with E-state index in [1.807, 2.05) is 36.2 Å². The number of imide groups is 1. The minimum Gasteiger partial charge on any atom is -0.385 e. The molecule has 3 aromatic heterocycles. The fourth-order valence-corrected chi connectivity index (χ4v) is 12.8. The fourth-order valence-electron chi connectivity index (χ4n) is 12.8. The van der Waals surface area contributed by atoms with Crippen molar-refractivity contribution in [1.82, 2.24) is 44.2 Å². The second kappa shape index (κ2) is 15.9. The highest BCUT2D eigenvalue weighted by Crippen LogP contribution is 2.61. The zero-order chi connectivity index (χ0) is 45.9. The van der Waals surface area contributed by atoms with Crippen LogP contribution >= 0.6 is 0 Å². The topological polar surface area (TPSA) is 157 Å². The van der Waals surface area contributed by atoms with E-state index in [0.29, 0.717) is 67.4 Å². The third kappa shape index (κ3) is 7.27. The van der Waals surface area contributed by atoms with Crippen molar-refractivity contribution in [2.75, 3.05) is 68.0 Å². The number of anilines is 4. The first-order valence-electron chi connectivity index (χ1n) is 24.3. The van der Waals surface area contributed by atoms with Crippen molar-refractivity contribution in [3.05, 3.63) is 76.0 Å². The van der Waals surface area contributed by atoms with Crippen LogP contribution in [0.2, 0.25) is 0 Å². The molecule has 3 N–H and O–H groups in total. The summed E-state index contributed by atoms with van der Waals surface area (Å²) in [4.78, 5) is 63.8. The molecule has 67 heavy (non-hydrogen) atoms. The van der Waals surface area contributed by atoms with Gasteiger partial charge in [0.15, 0.2) is 17.2 Å². The van der Waals surface area contributed by atoms with Crippen molar-refractivity contribution in [2.45, 2.75) is 101 Å². The Morgan fingerprint density at radius 2 is 1.70 bits per heavy atom. The van der Waals surface area contributed by atoms with Crippen LogP contribution in [0.25, 0.3) is 16.7 Å². The van der Waals surface area contributed by atoms with Crippen LogP contribution in [-0.2, 0) is 29.5 Å². The maximum Gasteiger partial charge on any atom is 0.329 e. The number of likely N-dealkylation sites (tertiary alicyclic amines) is 1. The average molecular weight is 917 g/mol. The van der Waals surface area contributed by atoms with E-state index in [1.165, 1.54) is 20.3 Å². The summed E-state index contributed by atoms with van der Waals surface area (Å²) in [6.07, 6.45) is 10.8. The van der Waals surface area contributed by atoms with Crippen LogP contribution in [0.3, 0.4) is 0 Å². The van der Waals surface area contributed by atoms with Gasteiger partial charge in [0, 0.05) is 89.3 Å². The standard InChI is InChI=1S/C49H58F2N12O4/c1-52-35-22-42(56-63-40(27-53-44(35)63)46(66)54-31-6-7-31)61-15-12-34-30(4-3-5-36(34)61)20-29-23-48(24-29)25-33(26-48)60-14-13-41(49(50,51)28-60)59-18-16-58(17-19-59)32-8-9-37-39(21-32)57(2)47(67)62(37)38-10-11-43(64)55-45(38)65/h3-5,8-9,21-22,27,29,31,33,38,41,52H,6-7,10-20,23-26,28H2,1-2H3,(H,54,66)(H,55,64,65). The molecule has 2 unspecified atom stereocenters. The number of fused-ring (bicyclic) bond motifs is 3. The Hall–Kier alpha value is -5.88. The first-order chi connectivity index (χ1) is 32.3. The number of halogens is 2. The van der Waals surface area contributed by atoms with Gasteiger partial charge < -0.3 is 20.4 Å². The monoisotopic (exact) mass is 916 g/mol. The predicted molar refractivity (Wildman–Crippen MR) is 249 cm³/mol. The van der Waals surface area contributed by atoms with Crippen molar-refractivity contribution >= 4 is 57.3 Å². The summed E-state index contributed by atoms with van der Waals surface area (Å²) < 4.78 is 36.9. The fraction of sp³-hybridized carbons (Fsp3) is 0.551. The van der Waals surface area contributed by atoms with Crippen molar-refractivity contribution in [3.63, 3.8) is 0 Å². The lowest BCUT2D eigenvalue weighted by Gasteiger charge is -2.61. The van der Waals surface area contributed by atoms with Gasteiger partial charge in [0.05, 0.1) is 35.5 Å². The van der Waals surface area contributed by atoms with Gasteiger partial charge in [-0.05, 0) is 111 Å². The van der Waals surface area contributed by atoms with Crippen molar-refractivity contribution in [3.8, 4) is 0 Å². The molecule has 3 saturated carbocycles. The number of alkyl halides is 2. The van der Waals surface area contributed by atoms with Gasteiger partial charge in [-0.15, -0.1) is 5.10 Å². The highest BCUT2D eigenvalue weighted by Gasteiger charge is 2.57. The summed E-state index contributed by atoms with van der Waals surface area (Å²) in [5, 5.41) is 13.6. The van der Waals surface area contributed by atoms with Crippen LogP contribution < -0.4 is 31.4 Å². The van der Waals surface area contributed by atoms with Gasteiger partial charge in [0.1, 0.15) is 6.04 Å². The number of nitrogens with one attached hydrogen (secondary N) is 3. The normalized spacial score (nSPS) is 27.6. The summed E-state index contributed by atoms with van der Waals surface area (Å²) >= 11 is 0. The highest BCUT2D eigenvalue weighted by atomic mass is 19.3. The molecule has 12 rings (SSSR count). The number of benzene rings is 2. The minimum absolute atomic E-state index is 0.153. The zero-order valence-corrected chi connectivity index (χ0v) is 38.1. The van der Waals surface area contributed by atoms with Crippen molar-refractivity contribution < 1.29 is 23.2 Å². The van der Waals surface area contributed by atoms with Crippen molar-refractivity contribution in [1.29, 1.82) is 0 Å². The van der Waals surface area contributed by atoms with E-state index in [2.05, 4.69) is 53.8 Å². The SMILES string of the molecule is CNc1cc(N2CCc3c(CC4CC5(C4)CC(N4CCC(N6CCN(c7ccc8c(c7)n(C)c(=O)n8C7CCC(=O)NC7=O)CC6)C(F)(F)C4)C5)cccc32)nn2c(C(=O)NC3CC3)cnc12. The van der Waals surface area contributed by atoms with Gasteiger partial charge in [0.25, 0.3) is 11.8 Å². The molecule has 2 aromatic carbocycles. The van der Waals surface area contributed by atoms with E-state index in [4.69, 9.17) is 5.10 Å². The summed E-state index contributed by atoms with van der Waals surface area (Å²) in [7, 11) is 3.54. The van der Waals surface area contributed by atoms with Gasteiger partial charge in [0.2, 0.25) is 11.8 Å². The number of carbonyl (C=O) groups excluding carboxylic acids is 3. The number of piperidine rings is 2. The zero-order valence-electron chi connectivity index (χ0n) is 38.1. The lowest BCUT2D eigenvalue weighted by atomic mass is 9.49. The molecule has 7 heterocycles. The second-order valence-corrected chi connectivity index (χ2v) is 20.6. The van der Waals surface area contributed by atoms with Crippen LogP contribution in [0, 0.1) is 11.3 Å². The van der Waals surface area contributed by atoms with Gasteiger partial charge in [-0.1, -0.05) is 12.1 Å². The Balaban J connectivity index is 0.638. The number of amides is 3. The van der Waals surface area contributed by atoms with Crippen LogP contribution in [-0.4, -0.2) is 128 Å². The number of hydrogen-bond donors (Lipinski definition) is 3. The molecule has 4 aliphatic heterocycles. The number of nitrogens with zero attached hydrogens (tertiary/aromatic N) is 9. The van der Waals surface area contributed by atoms with Crippen LogP contribution in [0.4, 0.5) is 31.7 Å². The largest absolute Gasteiger partial charge is 0.385 e. The van der Waals surface area contributed by atoms with Crippen LogP contribution in [0.15, 0.2) is 53.5 Å². The number of carbonyl (C=O) groups is 3. The summed E-state index contributed by atoms with van der Waals surface area (Å²) in [6.45, 7) is 3.56. The second-order valence-electron chi connectivity index (χ2n) is 20.6. The molecule has 1 spiro atoms. The van der Waals surface area contributed by atoms with Gasteiger partial charge in [-0.25, -0.2) is 23.1 Å². The summed E-state index contributed by atoms with van der Waals surface area (Å²) in [5.74, 6) is -2.39. The maximum absolute atomic E-state index is 16.1. The van der Waals surface area contributed by atoms with Crippen molar-refractivity contribution in [2.24, 2.45) is 18.4 Å². The molecule has 2 atom stereocenters. The minimum atomic E-state index is -2.80. The Kier molecular flexibility index (Phi) is 10.1. The molecule has 3 amide bonds. The molecule has 16 nitrogen and oxygen atoms in total. The number of aryl methyl sites for hydroxylation is 1. The van der Waals surface area contributed by atoms with E-state index in [-0.39, 0.29) is 54.4 Å². The van der Waals surface area contributed by atoms with E-state index in [1.54, 1.807) is 17.8 Å². The van der Waals surface area contributed by atoms with E-state index in [9.17, 15) is 19.2 Å². The van der Waals surface area contributed by atoms with Crippen LogP contribution in [0.5, 0.6) is 0 Å². The number of piperazine rings is 1. The van der Waals surface area contributed by atoms with Gasteiger partial charge >= 0.3 is 5.69 Å². The summed E-state index contributed by atoms with van der Waals surface area (Å²) in [5.41, 5.74) is 7.96. The molecule has 5 aromatic rings. The number of hydrogen-bond acceptors (Lipinski definition) is 11. The van der Waals surface area contributed by atoms with E-state index >= 15 is 8.78 Å². The lowest BCUT2D eigenvalue weighted by molar-refractivity contribution is -0.163. The molecule has 7 aliphatic rings. The molecule has 0 radical (unpaired) electrons. The first-order valence-corrected chi connectivity index (χ1v) is 24.3. The first kappa shape index (κ1) is 42.5. The quantitative estimate of drug-likeness (QED) is 0.168. The Bertz CT molecular complexity index is 2880. The third-order valence-corrected chi connectivity index (χ3v) is 16.4. The molecule has 352 valence electrons. The lowest BCUT2D eigenvalue weighted by Crippen LogP contribution is -2.65. The molecule has 0 bridgehead atoms. The number of aromatic nitrogens is 5. The Labute approximate surface area is 386 Å². The Morgan fingerprint density at radius 1 is 0.896 bits per heavy atom. The third-order valence-electron chi connectivity index (χ3n) is 16.4. The molecule has 18 heteroatoms. The molecule has 3 aliphatic carbocycles. The molecular formula is C49H58F2N12O4. The van der Waals surface area contributed by atoms with Gasteiger partial charge in [-0.2, -0.15) is 0 Å². The predicted octanol–water partition coefficient (Wildman–Crippen LogP) is 4.62. The van der Waals surface area contributed by atoms with Crippen LogP contribution in [0.1, 0.15) is 85.4 Å². The molecular weight excluding hydrogens is 859 g/mol. The number of imidazole rings is 2.